The highest BCUT2D eigenvalue weighted by atomic mass is 16.5. The van der Waals surface area contributed by atoms with Crippen LogP contribution in [0.5, 0.6) is 5.75 Å². The Morgan fingerprint density at radius 1 is 1.22 bits per heavy atom. The SMILES string of the molecule is COc1ccc(C(O)=C2C(=O)C(=O)N(CCN3CCOCC3)[C@H]2c2cccnc2)cc1C. The molecule has 0 aliphatic carbocycles. The van der Waals surface area contributed by atoms with Gasteiger partial charge in [0.05, 0.1) is 31.9 Å². The largest absolute Gasteiger partial charge is 0.507 e. The number of amides is 1. The number of Topliss-reactive ketones (excluding diaryl/α,β-unsaturated/α-hetero) is 1. The molecule has 1 aromatic heterocycles. The Labute approximate surface area is 187 Å². The van der Waals surface area contributed by atoms with E-state index in [9.17, 15) is 14.7 Å². The lowest BCUT2D eigenvalue weighted by Crippen LogP contribution is -2.42. The fraction of sp³-hybridized carbons (Fsp3) is 0.375. The number of benzene rings is 1. The molecular weight excluding hydrogens is 410 g/mol. The maximum atomic E-state index is 13.1. The van der Waals surface area contributed by atoms with Gasteiger partial charge >= 0.3 is 0 Å². The van der Waals surface area contributed by atoms with Gasteiger partial charge in [-0.3, -0.25) is 19.5 Å². The molecule has 2 fully saturated rings. The van der Waals surface area contributed by atoms with Crippen LogP contribution < -0.4 is 4.74 Å². The molecule has 2 aliphatic heterocycles. The molecule has 2 saturated heterocycles. The van der Waals surface area contributed by atoms with Gasteiger partial charge in [-0.2, -0.15) is 0 Å². The number of hydrogen-bond acceptors (Lipinski definition) is 7. The molecule has 3 heterocycles. The van der Waals surface area contributed by atoms with Crippen molar-refractivity contribution in [2.24, 2.45) is 0 Å². The zero-order valence-corrected chi connectivity index (χ0v) is 18.3. The monoisotopic (exact) mass is 437 g/mol. The van der Waals surface area contributed by atoms with Gasteiger partial charge in [0.1, 0.15) is 11.5 Å². The number of aromatic nitrogens is 1. The maximum absolute atomic E-state index is 13.1. The Morgan fingerprint density at radius 2 is 2.00 bits per heavy atom. The summed E-state index contributed by atoms with van der Waals surface area (Å²) in [5, 5.41) is 11.2. The maximum Gasteiger partial charge on any atom is 0.295 e. The normalized spacial score (nSPS) is 21.2. The van der Waals surface area contributed by atoms with E-state index in [2.05, 4.69) is 9.88 Å². The van der Waals surface area contributed by atoms with Crippen molar-refractivity contribution < 1.29 is 24.2 Å². The second-order valence-corrected chi connectivity index (χ2v) is 7.92. The summed E-state index contributed by atoms with van der Waals surface area (Å²) in [7, 11) is 1.57. The quantitative estimate of drug-likeness (QED) is 0.421. The van der Waals surface area contributed by atoms with E-state index in [1.807, 2.05) is 13.0 Å². The predicted octanol–water partition coefficient (Wildman–Crippen LogP) is 2.15. The number of carbonyl (C=O) groups is 2. The van der Waals surface area contributed by atoms with Gasteiger partial charge in [-0.25, -0.2) is 0 Å². The van der Waals surface area contributed by atoms with E-state index in [1.165, 1.54) is 4.90 Å². The molecule has 0 unspecified atom stereocenters. The van der Waals surface area contributed by atoms with E-state index in [-0.39, 0.29) is 11.3 Å². The van der Waals surface area contributed by atoms with Gasteiger partial charge in [0, 0.05) is 44.1 Å². The second kappa shape index (κ2) is 9.50. The molecule has 0 bridgehead atoms. The Kier molecular flexibility index (Phi) is 6.53. The zero-order valence-electron chi connectivity index (χ0n) is 18.3. The number of aliphatic hydroxyl groups excluding tert-OH is 1. The number of likely N-dealkylation sites (tertiary alicyclic amines) is 1. The summed E-state index contributed by atoms with van der Waals surface area (Å²) < 4.78 is 10.7. The minimum Gasteiger partial charge on any atom is -0.507 e. The molecule has 0 spiro atoms. The fourth-order valence-electron chi connectivity index (χ4n) is 4.25. The number of hydrogen-bond donors (Lipinski definition) is 1. The number of carbonyl (C=O) groups excluding carboxylic acids is 2. The number of aryl methyl sites for hydroxylation is 1. The molecule has 8 heteroatoms. The minimum atomic E-state index is -0.702. The summed E-state index contributed by atoms with van der Waals surface area (Å²) in [5.74, 6) is -0.821. The van der Waals surface area contributed by atoms with Crippen LogP contribution in [0.25, 0.3) is 5.76 Å². The Morgan fingerprint density at radius 3 is 2.66 bits per heavy atom. The van der Waals surface area contributed by atoms with Gasteiger partial charge in [0.25, 0.3) is 11.7 Å². The topological polar surface area (TPSA) is 92.2 Å². The first-order chi connectivity index (χ1) is 15.5. The molecule has 0 radical (unpaired) electrons. The van der Waals surface area contributed by atoms with Gasteiger partial charge in [-0.1, -0.05) is 6.07 Å². The van der Waals surface area contributed by atoms with Crippen molar-refractivity contribution in [1.82, 2.24) is 14.8 Å². The van der Waals surface area contributed by atoms with Crippen molar-refractivity contribution in [1.29, 1.82) is 0 Å². The standard InChI is InChI=1S/C24H27N3O5/c1-16-14-17(5-6-19(16)31-2)22(28)20-21(18-4-3-7-25-15-18)27(24(30)23(20)29)9-8-26-10-12-32-13-11-26/h3-7,14-15,21,28H,8-13H2,1-2H3/t21-/m0/s1. The molecule has 1 N–H and O–H groups in total. The Bertz CT molecular complexity index is 1030. The first-order valence-corrected chi connectivity index (χ1v) is 10.6. The highest BCUT2D eigenvalue weighted by Gasteiger charge is 2.46. The molecule has 8 nitrogen and oxygen atoms in total. The number of morpholine rings is 1. The average molecular weight is 437 g/mol. The molecule has 0 saturated carbocycles. The molecule has 1 amide bonds. The van der Waals surface area contributed by atoms with Crippen molar-refractivity contribution >= 4 is 17.4 Å². The highest BCUT2D eigenvalue weighted by molar-refractivity contribution is 6.46. The molecule has 2 aromatic rings. The lowest BCUT2D eigenvalue weighted by Gasteiger charge is -2.30. The van der Waals surface area contributed by atoms with Gasteiger partial charge in [-0.15, -0.1) is 0 Å². The van der Waals surface area contributed by atoms with E-state index in [1.54, 1.807) is 43.8 Å². The summed E-state index contributed by atoms with van der Waals surface area (Å²) in [6, 6.07) is 8.04. The Hall–Kier alpha value is -3.23. The third kappa shape index (κ3) is 4.24. The van der Waals surface area contributed by atoms with E-state index >= 15 is 0 Å². The highest BCUT2D eigenvalue weighted by Crippen LogP contribution is 2.39. The number of ketones is 1. The third-order valence-corrected chi connectivity index (χ3v) is 5.97. The second-order valence-electron chi connectivity index (χ2n) is 7.92. The number of aliphatic hydroxyl groups is 1. The molecule has 1 aromatic carbocycles. The van der Waals surface area contributed by atoms with Crippen LogP contribution in [0.2, 0.25) is 0 Å². The summed E-state index contributed by atoms with van der Waals surface area (Å²) in [6.07, 6.45) is 3.26. The van der Waals surface area contributed by atoms with Crippen LogP contribution in [0.1, 0.15) is 22.7 Å². The van der Waals surface area contributed by atoms with E-state index < -0.39 is 17.7 Å². The van der Waals surface area contributed by atoms with Crippen LogP contribution >= 0.6 is 0 Å². The number of nitrogens with zero attached hydrogens (tertiary/aromatic N) is 3. The van der Waals surface area contributed by atoms with Crippen LogP contribution in [0.3, 0.4) is 0 Å². The van der Waals surface area contributed by atoms with Gasteiger partial charge < -0.3 is 19.5 Å². The van der Waals surface area contributed by atoms with Crippen molar-refractivity contribution in [2.45, 2.75) is 13.0 Å². The van der Waals surface area contributed by atoms with Crippen molar-refractivity contribution in [2.75, 3.05) is 46.5 Å². The molecule has 168 valence electrons. The number of pyridine rings is 1. The van der Waals surface area contributed by atoms with Crippen molar-refractivity contribution in [3.63, 3.8) is 0 Å². The zero-order chi connectivity index (χ0) is 22.7. The first kappa shape index (κ1) is 22.0. The van der Waals surface area contributed by atoms with E-state index in [0.29, 0.717) is 43.2 Å². The van der Waals surface area contributed by atoms with Crippen molar-refractivity contribution in [3.05, 3.63) is 65.0 Å². The summed E-state index contributed by atoms with van der Waals surface area (Å²) >= 11 is 0. The van der Waals surface area contributed by atoms with Crippen LogP contribution in [0.15, 0.2) is 48.3 Å². The van der Waals surface area contributed by atoms with Gasteiger partial charge in [0.2, 0.25) is 0 Å². The number of rotatable bonds is 6. The average Bonchev–Trinajstić information content (AvgIpc) is 3.08. The lowest BCUT2D eigenvalue weighted by atomic mass is 9.95. The van der Waals surface area contributed by atoms with Crippen LogP contribution in [0.4, 0.5) is 0 Å². The number of methoxy groups -OCH3 is 1. The number of ether oxygens (including phenoxy) is 2. The van der Waals surface area contributed by atoms with E-state index in [0.717, 1.165) is 18.7 Å². The fourth-order valence-corrected chi connectivity index (χ4v) is 4.25. The van der Waals surface area contributed by atoms with Gasteiger partial charge in [-0.05, 0) is 42.3 Å². The summed E-state index contributed by atoms with van der Waals surface area (Å²) in [4.78, 5) is 34.0. The molecule has 2 aliphatic rings. The van der Waals surface area contributed by atoms with Crippen LogP contribution in [-0.2, 0) is 14.3 Å². The van der Waals surface area contributed by atoms with Crippen LogP contribution in [-0.4, -0.2) is 78.1 Å². The first-order valence-electron chi connectivity index (χ1n) is 10.6. The molecule has 1 atom stereocenters. The summed E-state index contributed by atoms with van der Waals surface area (Å²) in [6.45, 7) is 5.72. The van der Waals surface area contributed by atoms with Crippen LogP contribution in [0, 0.1) is 6.92 Å². The van der Waals surface area contributed by atoms with E-state index in [4.69, 9.17) is 9.47 Å². The third-order valence-electron chi connectivity index (χ3n) is 5.97. The smallest absolute Gasteiger partial charge is 0.295 e. The van der Waals surface area contributed by atoms with Gasteiger partial charge in [0.15, 0.2) is 0 Å². The molecule has 32 heavy (non-hydrogen) atoms. The summed E-state index contributed by atoms with van der Waals surface area (Å²) in [5.41, 5.74) is 2.04. The Balaban J connectivity index is 1.72. The van der Waals surface area contributed by atoms with Crippen molar-refractivity contribution in [3.8, 4) is 5.75 Å². The minimum absolute atomic E-state index is 0.0783. The molecular formula is C24H27N3O5. The molecule has 4 rings (SSSR count). The lowest BCUT2D eigenvalue weighted by molar-refractivity contribution is -0.140. The predicted molar refractivity (Wildman–Crippen MR) is 118 cm³/mol.